The number of hydrogen-bond acceptors (Lipinski definition) is 5. The van der Waals surface area contributed by atoms with Crippen molar-refractivity contribution in [2.45, 2.75) is 12.8 Å². The number of nitrogens with one attached hydrogen (secondary N) is 2. The molecule has 0 aliphatic carbocycles. The van der Waals surface area contributed by atoms with Crippen molar-refractivity contribution in [2.24, 2.45) is 5.73 Å². The molecule has 2 aromatic carbocycles. The molecule has 0 saturated heterocycles. The fraction of sp³-hybridized carbons (Fsp3) is 0.278. The maximum atomic E-state index is 14.3. The van der Waals surface area contributed by atoms with Crippen molar-refractivity contribution in [3.05, 3.63) is 58.9 Å². The fourth-order valence-electron chi connectivity index (χ4n) is 2.34. The lowest BCUT2D eigenvalue weighted by atomic mass is 10.1. The fourth-order valence-corrected chi connectivity index (χ4v) is 2.34. The van der Waals surface area contributed by atoms with E-state index in [1.807, 2.05) is 5.48 Å². The second-order valence-corrected chi connectivity index (χ2v) is 5.62. The number of carbonyl (C=O) groups is 1. The molecule has 0 unspecified atom stereocenters. The summed E-state index contributed by atoms with van der Waals surface area (Å²) in [5.74, 6) is -4.11. The van der Waals surface area contributed by atoms with Gasteiger partial charge in [-0.2, -0.15) is 0 Å². The van der Waals surface area contributed by atoms with Gasteiger partial charge in [0.2, 0.25) is 0 Å². The number of rotatable bonds is 9. The van der Waals surface area contributed by atoms with E-state index in [2.05, 4.69) is 10.2 Å². The number of halogens is 3. The Morgan fingerprint density at radius 1 is 1.15 bits per heavy atom. The van der Waals surface area contributed by atoms with Gasteiger partial charge in [-0.25, -0.2) is 18.7 Å². The van der Waals surface area contributed by atoms with E-state index in [4.69, 9.17) is 10.8 Å². The van der Waals surface area contributed by atoms with Crippen molar-refractivity contribution in [3.8, 4) is 0 Å². The van der Waals surface area contributed by atoms with Gasteiger partial charge in [0.1, 0.15) is 5.82 Å². The smallest absolute Gasteiger partial charge is 0.277 e. The molecule has 27 heavy (non-hydrogen) atoms. The first kappa shape index (κ1) is 20.7. The highest BCUT2D eigenvalue weighted by Gasteiger charge is 2.20. The minimum atomic E-state index is -1.34. The molecule has 0 fully saturated rings. The van der Waals surface area contributed by atoms with E-state index in [1.54, 1.807) is 6.07 Å². The average molecular weight is 383 g/mol. The van der Waals surface area contributed by atoms with E-state index >= 15 is 0 Å². The van der Waals surface area contributed by atoms with Gasteiger partial charge in [-0.05, 0) is 49.2 Å². The quantitative estimate of drug-likeness (QED) is 0.394. The third kappa shape index (κ3) is 5.43. The van der Waals surface area contributed by atoms with Crippen molar-refractivity contribution < 1.29 is 27.9 Å². The topological polar surface area (TPSA) is 96.6 Å². The molecule has 0 heterocycles. The summed E-state index contributed by atoms with van der Waals surface area (Å²) in [6.07, 6.45) is 1.26. The average Bonchev–Trinajstić information content (AvgIpc) is 2.65. The number of nitrogens with two attached hydrogens (primary N) is 1. The summed E-state index contributed by atoms with van der Waals surface area (Å²) < 4.78 is 42.2. The molecule has 5 N–H and O–H groups in total. The first-order valence-corrected chi connectivity index (χ1v) is 8.24. The highest BCUT2D eigenvalue weighted by atomic mass is 19.2. The molecule has 2 rings (SSSR count). The van der Waals surface area contributed by atoms with E-state index in [0.717, 1.165) is 12.1 Å². The Labute approximate surface area is 154 Å². The van der Waals surface area contributed by atoms with Crippen LogP contribution in [0.3, 0.4) is 0 Å². The van der Waals surface area contributed by atoms with Crippen LogP contribution in [-0.4, -0.2) is 30.8 Å². The van der Waals surface area contributed by atoms with Crippen molar-refractivity contribution in [1.29, 1.82) is 0 Å². The molecule has 1 amide bonds. The molecule has 0 saturated carbocycles. The summed E-state index contributed by atoms with van der Waals surface area (Å²) in [4.78, 5) is 16.8. The molecule has 0 aliphatic rings. The van der Waals surface area contributed by atoms with E-state index in [0.29, 0.717) is 24.9 Å². The zero-order valence-corrected chi connectivity index (χ0v) is 14.4. The summed E-state index contributed by atoms with van der Waals surface area (Å²) in [6, 6.07) is 6.07. The molecule has 6 nitrogen and oxygen atoms in total. The SMILES string of the molecule is NCCCc1ccc(Nc2c(C(=O)NOCCO)ccc(F)c2F)c(F)c1. The molecular weight excluding hydrogens is 363 g/mol. The molecule has 146 valence electrons. The van der Waals surface area contributed by atoms with Crippen LogP contribution in [0.1, 0.15) is 22.3 Å². The number of hydrogen-bond donors (Lipinski definition) is 4. The van der Waals surface area contributed by atoms with E-state index in [9.17, 15) is 18.0 Å². The molecule has 0 radical (unpaired) electrons. The molecular formula is C18H20F3N3O3. The Hall–Kier alpha value is -2.62. The summed E-state index contributed by atoms with van der Waals surface area (Å²) in [6.45, 7) is -0.0606. The van der Waals surface area contributed by atoms with Crippen LogP contribution in [0.4, 0.5) is 24.5 Å². The van der Waals surface area contributed by atoms with Crippen LogP contribution in [0, 0.1) is 17.5 Å². The summed E-state index contributed by atoms with van der Waals surface area (Å²) >= 11 is 0. The van der Waals surface area contributed by atoms with Gasteiger partial charge in [-0.3, -0.25) is 9.63 Å². The highest BCUT2D eigenvalue weighted by molar-refractivity contribution is 5.99. The molecule has 9 heteroatoms. The first-order chi connectivity index (χ1) is 13.0. The van der Waals surface area contributed by atoms with Crippen molar-refractivity contribution >= 4 is 17.3 Å². The molecule has 2 aromatic rings. The zero-order chi connectivity index (χ0) is 19.8. The maximum Gasteiger partial charge on any atom is 0.277 e. The second kappa shape index (κ2) is 9.91. The largest absolute Gasteiger partial charge is 0.394 e. The van der Waals surface area contributed by atoms with Crippen molar-refractivity contribution in [1.82, 2.24) is 5.48 Å². The Morgan fingerprint density at radius 3 is 2.59 bits per heavy atom. The lowest BCUT2D eigenvalue weighted by Gasteiger charge is -2.14. The summed E-state index contributed by atoms with van der Waals surface area (Å²) in [5.41, 5.74) is 7.16. The number of carbonyl (C=O) groups excluding carboxylic acids is 1. The van der Waals surface area contributed by atoms with Crippen LogP contribution in [-0.2, 0) is 11.3 Å². The van der Waals surface area contributed by atoms with Gasteiger partial charge in [0.25, 0.3) is 5.91 Å². The Kier molecular flexibility index (Phi) is 7.59. The van der Waals surface area contributed by atoms with Crippen LogP contribution in [0.5, 0.6) is 0 Å². The van der Waals surface area contributed by atoms with Gasteiger partial charge < -0.3 is 16.2 Å². The van der Waals surface area contributed by atoms with Crippen LogP contribution in [0.15, 0.2) is 30.3 Å². The van der Waals surface area contributed by atoms with Crippen LogP contribution in [0.2, 0.25) is 0 Å². The standard InChI is InChI=1S/C18H20F3N3O3/c19-13-5-4-12(18(26)24-27-9-8-25)17(16(13)21)23-15-6-3-11(2-1-7-22)10-14(15)20/h3-6,10,23,25H,1-2,7-9,22H2,(H,24,26). The van der Waals surface area contributed by atoms with E-state index < -0.39 is 29.0 Å². The number of benzene rings is 2. The maximum absolute atomic E-state index is 14.3. The molecule has 0 bridgehead atoms. The van der Waals surface area contributed by atoms with Crippen LogP contribution < -0.4 is 16.5 Å². The van der Waals surface area contributed by atoms with Gasteiger partial charge in [-0.15, -0.1) is 0 Å². The normalized spacial score (nSPS) is 10.7. The second-order valence-electron chi connectivity index (χ2n) is 5.62. The predicted octanol–water partition coefficient (Wildman–Crippen LogP) is 2.39. The minimum Gasteiger partial charge on any atom is -0.394 e. The van der Waals surface area contributed by atoms with Crippen molar-refractivity contribution in [3.63, 3.8) is 0 Å². The number of aliphatic hydroxyl groups is 1. The summed E-state index contributed by atoms with van der Waals surface area (Å²) in [5, 5.41) is 11.1. The van der Waals surface area contributed by atoms with Gasteiger partial charge in [0.05, 0.1) is 30.2 Å². The first-order valence-electron chi connectivity index (χ1n) is 8.24. The third-order valence-electron chi connectivity index (χ3n) is 3.66. The number of aryl methyl sites for hydroxylation is 1. The number of aliphatic hydroxyl groups excluding tert-OH is 1. The van der Waals surface area contributed by atoms with E-state index in [-0.39, 0.29) is 24.5 Å². The third-order valence-corrected chi connectivity index (χ3v) is 3.66. The lowest BCUT2D eigenvalue weighted by Crippen LogP contribution is -2.26. The highest BCUT2D eigenvalue weighted by Crippen LogP contribution is 2.28. The van der Waals surface area contributed by atoms with Gasteiger partial charge >= 0.3 is 0 Å². The number of anilines is 2. The van der Waals surface area contributed by atoms with E-state index in [1.165, 1.54) is 12.1 Å². The Balaban J connectivity index is 2.29. The number of hydroxylamine groups is 1. The zero-order valence-electron chi connectivity index (χ0n) is 14.4. The van der Waals surface area contributed by atoms with Crippen LogP contribution in [0.25, 0.3) is 0 Å². The molecule has 0 aliphatic heterocycles. The molecule has 0 atom stereocenters. The lowest BCUT2D eigenvalue weighted by molar-refractivity contribution is 0.0168. The van der Waals surface area contributed by atoms with Crippen LogP contribution >= 0.6 is 0 Å². The van der Waals surface area contributed by atoms with Gasteiger partial charge in [-0.1, -0.05) is 6.07 Å². The minimum absolute atomic E-state index is 0.124. The van der Waals surface area contributed by atoms with Crippen molar-refractivity contribution in [2.75, 3.05) is 25.1 Å². The Morgan fingerprint density at radius 2 is 1.93 bits per heavy atom. The predicted molar refractivity (Wildman–Crippen MR) is 93.9 cm³/mol. The molecule has 0 aromatic heterocycles. The van der Waals surface area contributed by atoms with Gasteiger partial charge in [0.15, 0.2) is 11.6 Å². The monoisotopic (exact) mass is 383 g/mol. The van der Waals surface area contributed by atoms with Gasteiger partial charge in [0, 0.05) is 0 Å². The molecule has 0 spiro atoms. The summed E-state index contributed by atoms with van der Waals surface area (Å²) in [7, 11) is 0. The Bertz CT molecular complexity index is 803. The number of amides is 1.